The highest BCUT2D eigenvalue weighted by Gasteiger charge is 2.07. The van der Waals surface area contributed by atoms with Gasteiger partial charge in [0.25, 0.3) is 0 Å². The van der Waals surface area contributed by atoms with E-state index in [9.17, 15) is 0 Å². The highest BCUT2D eigenvalue weighted by atomic mass is 127. The highest BCUT2D eigenvalue weighted by molar-refractivity contribution is 14.1. The van der Waals surface area contributed by atoms with E-state index in [0.29, 0.717) is 0 Å². The summed E-state index contributed by atoms with van der Waals surface area (Å²) in [5.74, 6) is 0. The van der Waals surface area contributed by atoms with Gasteiger partial charge in [-0.15, -0.1) is 0 Å². The Labute approximate surface area is 173 Å². The Balaban J connectivity index is 2.40. The van der Waals surface area contributed by atoms with Gasteiger partial charge in [-0.25, -0.2) is 4.58 Å². The Morgan fingerprint density at radius 1 is 0.846 bits per heavy atom. The molecule has 0 aliphatic carbocycles. The van der Waals surface area contributed by atoms with Gasteiger partial charge in [0.1, 0.15) is 13.1 Å². The maximum atomic E-state index is 2.48. The molecule has 2 aromatic rings. The largest absolute Gasteiger partial charge is 0.236 e. The predicted octanol–water partition coefficient (Wildman–Crippen LogP) is 6.71. The molecule has 0 fully saturated rings. The van der Waals surface area contributed by atoms with Gasteiger partial charge in [0.05, 0.1) is 0 Å². The van der Waals surface area contributed by atoms with Crippen molar-refractivity contribution < 1.29 is 4.58 Å². The summed E-state index contributed by atoms with van der Waals surface area (Å²) in [5, 5.41) is 0. The number of benzene rings is 2. The van der Waals surface area contributed by atoms with E-state index in [4.69, 9.17) is 0 Å². The van der Waals surface area contributed by atoms with Gasteiger partial charge in [0, 0.05) is 22.5 Å². The summed E-state index contributed by atoms with van der Waals surface area (Å²) in [6.07, 6.45) is 9.58. The van der Waals surface area contributed by atoms with Crippen LogP contribution in [0.2, 0.25) is 0 Å². The first kappa shape index (κ1) is 20.9. The molecule has 138 valence electrons. The molecule has 0 unspecified atom stereocenters. The van der Waals surface area contributed by atoms with Crippen LogP contribution in [0.1, 0.15) is 56.2 Å². The van der Waals surface area contributed by atoms with Crippen LogP contribution in [0.4, 0.5) is 0 Å². The Bertz CT molecular complexity index is 666. The predicted molar refractivity (Wildman–Crippen MR) is 123 cm³/mol. The molecule has 0 saturated carbocycles. The van der Waals surface area contributed by atoms with Crippen LogP contribution in [0.5, 0.6) is 0 Å². The average molecular weight is 460 g/mol. The van der Waals surface area contributed by atoms with Crippen molar-refractivity contribution in [2.75, 3.05) is 13.1 Å². The van der Waals surface area contributed by atoms with Crippen LogP contribution in [-0.2, 0) is 0 Å². The third-order valence-electron chi connectivity index (χ3n) is 4.57. The molecular weight excluding hydrogens is 429 g/mol. The minimum absolute atomic E-state index is 1.14. The van der Waals surface area contributed by atoms with E-state index in [1.807, 2.05) is 0 Å². The quantitative estimate of drug-likeness (QED) is 0.222. The maximum Gasteiger partial charge on any atom is 0.163 e. The van der Waals surface area contributed by atoms with Crippen LogP contribution in [0.15, 0.2) is 54.6 Å². The van der Waals surface area contributed by atoms with Gasteiger partial charge in [0.2, 0.25) is 0 Å². The first-order valence-electron chi connectivity index (χ1n) is 9.76. The number of aryl methyl sites for hydroxylation is 1. The van der Waals surface area contributed by atoms with Crippen LogP contribution in [0.3, 0.4) is 0 Å². The smallest absolute Gasteiger partial charge is 0.163 e. The number of halogens is 1. The number of allylic oxidation sites excluding steroid dienone is 1. The highest BCUT2D eigenvalue weighted by Crippen LogP contribution is 2.24. The van der Waals surface area contributed by atoms with E-state index in [-0.39, 0.29) is 0 Å². The summed E-state index contributed by atoms with van der Waals surface area (Å²) >= 11 is 2.37. The van der Waals surface area contributed by atoms with Gasteiger partial charge in [-0.3, -0.25) is 0 Å². The molecule has 0 aromatic heterocycles. The van der Waals surface area contributed by atoms with E-state index in [2.05, 4.69) is 109 Å². The van der Waals surface area contributed by atoms with Crippen LogP contribution < -0.4 is 0 Å². The lowest BCUT2D eigenvalue weighted by atomic mass is 9.97. The van der Waals surface area contributed by atoms with Crippen molar-refractivity contribution in [1.29, 1.82) is 0 Å². The third kappa shape index (κ3) is 6.71. The van der Waals surface area contributed by atoms with Crippen molar-refractivity contribution in [2.45, 2.75) is 46.5 Å². The van der Waals surface area contributed by atoms with Crippen molar-refractivity contribution >= 4 is 34.4 Å². The Morgan fingerprint density at radius 2 is 1.35 bits per heavy atom. The molecule has 0 heterocycles. The second-order valence-electron chi connectivity index (χ2n) is 6.85. The minimum Gasteiger partial charge on any atom is -0.236 e. The van der Waals surface area contributed by atoms with Crippen LogP contribution >= 0.6 is 22.6 Å². The molecule has 0 N–H and O–H groups in total. The first-order chi connectivity index (χ1) is 12.6. The van der Waals surface area contributed by atoms with Gasteiger partial charge in [-0.2, -0.15) is 0 Å². The molecule has 0 radical (unpaired) electrons. The van der Waals surface area contributed by atoms with Crippen molar-refractivity contribution in [3.8, 4) is 0 Å². The van der Waals surface area contributed by atoms with E-state index in [1.165, 1.54) is 51.5 Å². The molecule has 0 saturated heterocycles. The van der Waals surface area contributed by atoms with Crippen LogP contribution in [0.25, 0.3) is 5.57 Å². The molecule has 0 aliphatic rings. The van der Waals surface area contributed by atoms with Gasteiger partial charge >= 0.3 is 0 Å². The topological polar surface area (TPSA) is 3.01 Å². The number of nitrogens with zero attached hydrogens (tertiary/aromatic N) is 1. The second-order valence-corrected chi connectivity index (χ2v) is 8.09. The number of hydrogen-bond acceptors (Lipinski definition) is 0. The summed E-state index contributed by atoms with van der Waals surface area (Å²) in [4.78, 5) is 0. The SMILES string of the molecule is CCCC[N+](=C/C=C(\c1ccc(C)cc1)c1ccc(I)cc1)CCCC. The second kappa shape index (κ2) is 11.3. The normalized spacial score (nSPS) is 11.5. The lowest BCUT2D eigenvalue weighted by Gasteiger charge is -2.09. The molecular formula is C24H31IN+. The Morgan fingerprint density at radius 3 is 1.85 bits per heavy atom. The molecule has 1 nitrogen and oxygen atoms in total. The zero-order valence-corrected chi connectivity index (χ0v) is 18.5. The van der Waals surface area contributed by atoms with E-state index >= 15 is 0 Å². The number of unbranched alkanes of at least 4 members (excludes halogenated alkanes) is 2. The molecule has 0 bridgehead atoms. The van der Waals surface area contributed by atoms with Crippen LogP contribution in [0, 0.1) is 10.5 Å². The summed E-state index contributed by atoms with van der Waals surface area (Å²) in [6, 6.07) is 17.7. The fourth-order valence-electron chi connectivity index (χ4n) is 2.88. The van der Waals surface area contributed by atoms with Crippen molar-refractivity contribution in [3.63, 3.8) is 0 Å². The Hall–Kier alpha value is -1.42. The zero-order chi connectivity index (χ0) is 18.8. The molecule has 2 heteroatoms. The standard InChI is InChI=1S/C24H31IN/c1-4-6-17-26(18-7-5-2)19-16-24(21-10-8-20(3)9-11-21)22-12-14-23(25)15-13-22/h8-16,19H,4-7,17-18H2,1-3H3/q+1/b24-16+. The maximum absolute atomic E-state index is 2.48. The molecule has 0 amide bonds. The number of rotatable bonds is 9. The van der Waals surface area contributed by atoms with E-state index in [0.717, 1.165) is 13.1 Å². The van der Waals surface area contributed by atoms with Crippen molar-refractivity contribution in [1.82, 2.24) is 0 Å². The van der Waals surface area contributed by atoms with Crippen molar-refractivity contribution in [3.05, 3.63) is 74.9 Å². The molecule has 0 spiro atoms. The average Bonchev–Trinajstić information content (AvgIpc) is 2.66. The van der Waals surface area contributed by atoms with Gasteiger partial charge in [-0.1, -0.05) is 68.7 Å². The lowest BCUT2D eigenvalue weighted by molar-refractivity contribution is -0.523. The molecule has 0 atom stereocenters. The monoisotopic (exact) mass is 460 g/mol. The summed E-state index contributed by atoms with van der Waals surface area (Å²) in [7, 11) is 0. The molecule has 2 aromatic carbocycles. The number of hydrogen-bond donors (Lipinski definition) is 0. The molecule has 0 aliphatic heterocycles. The van der Waals surface area contributed by atoms with Crippen LogP contribution in [-0.4, -0.2) is 23.9 Å². The van der Waals surface area contributed by atoms with Gasteiger partial charge in [-0.05, 0) is 58.3 Å². The third-order valence-corrected chi connectivity index (χ3v) is 5.29. The van der Waals surface area contributed by atoms with Crippen molar-refractivity contribution in [2.24, 2.45) is 0 Å². The summed E-state index contributed by atoms with van der Waals surface area (Å²) in [6.45, 7) is 8.94. The first-order valence-corrected chi connectivity index (χ1v) is 10.8. The van der Waals surface area contributed by atoms with Gasteiger partial charge < -0.3 is 0 Å². The molecule has 26 heavy (non-hydrogen) atoms. The fourth-order valence-corrected chi connectivity index (χ4v) is 3.24. The summed E-state index contributed by atoms with van der Waals surface area (Å²) < 4.78 is 3.75. The van der Waals surface area contributed by atoms with E-state index < -0.39 is 0 Å². The van der Waals surface area contributed by atoms with E-state index in [1.54, 1.807) is 0 Å². The van der Waals surface area contributed by atoms with Gasteiger partial charge in [0.15, 0.2) is 6.21 Å². The lowest BCUT2D eigenvalue weighted by Crippen LogP contribution is -2.15. The Kier molecular flexibility index (Phi) is 9.10. The zero-order valence-electron chi connectivity index (χ0n) is 16.3. The summed E-state index contributed by atoms with van der Waals surface area (Å²) in [5.41, 5.74) is 5.14. The molecule has 2 rings (SSSR count). The minimum atomic E-state index is 1.14. The fraction of sp³-hybridized carbons (Fsp3) is 0.375.